The molecule has 0 spiro atoms. The Hall–Kier alpha value is -3.08. The molecule has 0 aliphatic heterocycles. The first-order chi connectivity index (χ1) is 14.1. The number of hydrogen-bond acceptors (Lipinski definition) is 5. The lowest BCUT2D eigenvalue weighted by atomic mass is 9.86. The molecule has 30 heavy (non-hydrogen) atoms. The van der Waals surface area contributed by atoms with Crippen molar-refractivity contribution in [3.63, 3.8) is 0 Å². The summed E-state index contributed by atoms with van der Waals surface area (Å²) in [4.78, 5) is 25.4. The predicted octanol–water partition coefficient (Wildman–Crippen LogP) is 5.40. The SMILES string of the molecule is CCOC(=O)[C@H](C)Oc1c(-c2ccc(C(C)(C)C)cc2)oc2ccc(C)cc2c1=O. The third-order valence-corrected chi connectivity index (χ3v) is 4.93. The summed E-state index contributed by atoms with van der Waals surface area (Å²) in [6.45, 7) is 11.8. The van der Waals surface area contributed by atoms with Crippen LogP contribution < -0.4 is 10.2 Å². The van der Waals surface area contributed by atoms with Crippen LogP contribution in [0.3, 0.4) is 0 Å². The van der Waals surface area contributed by atoms with Crippen LogP contribution in [0.2, 0.25) is 0 Å². The van der Waals surface area contributed by atoms with E-state index < -0.39 is 12.1 Å². The number of fused-ring (bicyclic) bond motifs is 1. The molecule has 0 radical (unpaired) electrons. The van der Waals surface area contributed by atoms with E-state index in [2.05, 4.69) is 20.8 Å². The molecule has 1 aromatic heterocycles. The van der Waals surface area contributed by atoms with Gasteiger partial charge in [-0.25, -0.2) is 4.79 Å². The van der Waals surface area contributed by atoms with Crippen molar-refractivity contribution in [1.29, 1.82) is 0 Å². The minimum absolute atomic E-state index is 0.00195. The third-order valence-electron chi connectivity index (χ3n) is 4.93. The number of ether oxygens (including phenoxy) is 2. The van der Waals surface area contributed by atoms with Gasteiger partial charge in [0.25, 0.3) is 0 Å². The van der Waals surface area contributed by atoms with Crippen LogP contribution >= 0.6 is 0 Å². The Labute approximate surface area is 176 Å². The topological polar surface area (TPSA) is 65.7 Å². The Kier molecular flexibility index (Phi) is 6.01. The zero-order valence-corrected chi connectivity index (χ0v) is 18.4. The van der Waals surface area contributed by atoms with Gasteiger partial charge in [-0.15, -0.1) is 0 Å². The quantitative estimate of drug-likeness (QED) is 0.529. The molecule has 0 bridgehead atoms. The van der Waals surface area contributed by atoms with E-state index in [-0.39, 0.29) is 23.2 Å². The molecule has 5 nitrogen and oxygen atoms in total. The minimum Gasteiger partial charge on any atom is -0.471 e. The molecule has 0 saturated carbocycles. The first-order valence-corrected chi connectivity index (χ1v) is 10.1. The minimum atomic E-state index is -0.942. The van der Waals surface area contributed by atoms with E-state index in [1.807, 2.05) is 37.3 Å². The summed E-state index contributed by atoms with van der Waals surface area (Å²) in [7, 11) is 0. The van der Waals surface area contributed by atoms with Crippen LogP contribution in [-0.2, 0) is 14.9 Å². The van der Waals surface area contributed by atoms with Gasteiger partial charge in [0.1, 0.15) is 5.58 Å². The van der Waals surface area contributed by atoms with Crippen LogP contribution in [0.25, 0.3) is 22.3 Å². The molecular formula is C25H28O5. The number of rotatable bonds is 5. The summed E-state index contributed by atoms with van der Waals surface area (Å²) in [5, 5.41) is 0.413. The molecule has 2 aromatic carbocycles. The Morgan fingerprint density at radius 3 is 2.37 bits per heavy atom. The van der Waals surface area contributed by atoms with Crippen LogP contribution in [0.4, 0.5) is 0 Å². The predicted molar refractivity (Wildman–Crippen MR) is 118 cm³/mol. The van der Waals surface area contributed by atoms with Crippen molar-refractivity contribution in [2.75, 3.05) is 6.61 Å². The largest absolute Gasteiger partial charge is 0.471 e. The lowest BCUT2D eigenvalue weighted by Gasteiger charge is -2.20. The summed E-state index contributed by atoms with van der Waals surface area (Å²) in [5.74, 6) is -0.222. The molecule has 0 fully saturated rings. The third kappa shape index (κ3) is 4.40. The monoisotopic (exact) mass is 408 g/mol. The van der Waals surface area contributed by atoms with Gasteiger partial charge in [0.15, 0.2) is 11.9 Å². The van der Waals surface area contributed by atoms with Crippen molar-refractivity contribution in [1.82, 2.24) is 0 Å². The Bertz CT molecular complexity index is 1120. The molecule has 1 heterocycles. The van der Waals surface area contributed by atoms with Gasteiger partial charge < -0.3 is 13.9 Å². The molecule has 5 heteroatoms. The number of carbonyl (C=O) groups excluding carboxylic acids is 1. The highest BCUT2D eigenvalue weighted by molar-refractivity contribution is 5.83. The number of esters is 1. The molecule has 0 unspecified atom stereocenters. The standard InChI is InChI=1S/C25H28O5/c1-7-28-24(27)16(3)29-23-21(26)19-14-15(2)8-13-20(19)30-22(23)17-9-11-18(12-10-17)25(4,5)6/h8-14,16H,7H2,1-6H3/t16-/m0/s1. The van der Waals surface area contributed by atoms with Crippen LogP contribution in [0.5, 0.6) is 5.75 Å². The molecule has 0 aliphatic rings. The highest BCUT2D eigenvalue weighted by Gasteiger charge is 2.24. The number of hydrogen-bond donors (Lipinski definition) is 0. The lowest BCUT2D eigenvalue weighted by Crippen LogP contribution is -2.28. The van der Waals surface area contributed by atoms with Gasteiger partial charge in [0.05, 0.1) is 12.0 Å². The number of aryl methyl sites for hydroxylation is 1. The van der Waals surface area contributed by atoms with Gasteiger partial charge >= 0.3 is 5.97 Å². The smallest absolute Gasteiger partial charge is 0.347 e. The summed E-state index contributed by atoms with van der Waals surface area (Å²) in [5.41, 5.74) is 2.95. The second kappa shape index (κ2) is 8.34. The maximum absolute atomic E-state index is 13.3. The number of carbonyl (C=O) groups is 1. The van der Waals surface area contributed by atoms with E-state index in [1.165, 1.54) is 0 Å². The average molecular weight is 408 g/mol. The maximum atomic E-state index is 13.3. The Morgan fingerprint density at radius 1 is 1.10 bits per heavy atom. The van der Waals surface area contributed by atoms with E-state index in [0.29, 0.717) is 22.3 Å². The molecular weight excluding hydrogens is 380 g/mol. The summed E-state index contributed by atoms with van der Waals surface area (Å²) < 4.78 is 16.9. The van der Waals surface area contributed by atoms with Crippen LogP contribution in [0.15, 0.2) is 51.7 Å². The fourth-order valence-electron chi connectivity index (χ4n) is 3.20. The zero-order valence-electron chi connectivity index (χ0n) is 18.4. The summed E-state index contributed by atoms with van der Waals surface area (Å²) in [6, 6.07) is 13.2. The maximum Gasteiger partial charge on any atom is 0.347 e. The second-order valence-corrected chi connectivity index (χ2v) is 8.43. The van der Waals surface area contributed by atoms with Crippen LogP contribution in [0, 0.1) is 6.92 Å². The van der Waals surface area contributed by atoms with E-state index in [1.54, 1.807) is 26.0 Å². The zero-order chi connectivity index (χ0) is 22.1. The Balaban J connectivity index is 2.17. The van der Waals surface area contributed by atoms with E-state index in [4.69, 9.17) is 13.9 Å². The molecule has 0 aliphatic carbocycles. The van der Waals surface area contributed by atoms with Gasteiger partial charge in [-0.1, -0.05) is 56.7 Å². The highest BCUT2D eigenvalue weighted by atomic mass is 16.6. The van der Waals surface area contributed by atoms with E-state index >= 15 is 0 Å². The summed E-state index contributed by atoms with van der Waals surface area (Å²) in [6.07, 6.45) is -0.942. The van der Waals surface area contributed by atoms with E-state index in [0.717, 1.165) is 11.1 Å². The van der Waals surface area contributed by atoms with Crippen molar-refractivity contribution in [3.8, 4) is 17.1 Å². The molecule has 0 saturated heterocycles. The van der Waals surface area contributed by atoms with Crippen molar-refractivity contribution >= 4 is 16.9 Å². The van der Waals surface area contributed by atoms with Crippen molar-refractivity contribution < 1.29 is 18.7 Å². The second-order valence-electron chi connectivity index (χ2n) is 8.43. The normalized spacial score (nSPS) is 12.6. The fourth-order valence-corrected chi connectivity index (χ4v) is 3.20. The highest BCUT2D eigenvalue weighted by Crippen LogP contribution is 2.33. The first-order valence-electron chi connectivity index (χ1n) is 10.1. The molecule has 3 aromatic rings. The van der Waals surface area contributed by atoms with Crippen molar-refractivity contribution in [2.45, 2.75) is 53.1 Å². The van der Waals surface area contributed by atoms with Crippen LogP contribution in [-0.4, -0.2) is 18.7 Å². The van der Waals surface area contributed by atoms with Gasteiger partial charge in [0.2, 0.25) is 11.2 Å². The van der Waals surface area contributed by atoms with Gasteiger partial charge in [0, 0.05) is 5.56 Å². The van der Waals surface area contributed by atoms with Crippen molar-refractivity contribution in [2.24, 2.45) is 0 Å². The lowest BCUT2D eigenvalue weighted by molar-refractivity contribution is -0.150. The Morgan fingerprint density at radius 2 is 1.77 bits per heavy atom. The van der Waals surface area contributed by atoms with Gasteiger partial charge in [-0.05, 0) is 43.9 Å². The molecule has 0 N–H and O–H groups in total. The van der Waals surface area contributed by atoms with Gasteiger partial charge in [-0.3, -0.25) is 4.79 Å². The fraction of sp³-hybridized carbons (Fsp3) is 0.360. The molecule has 1 atom stereocenters. The molecule has 3 rings (SSSR count). The average Bonchev–Trinajstić information content (AvgIpc) is 2.70. The summed E-state index contributed by atoms with van der Waals surface area (Å²) >= 11 is 0. The van der Waals surface area contributed by atoms with Crippen molar-refractivity contribution in [3.05, 3.63) is 63.8 Å². The van der Waals surface area contributed by atoms with Gasteiger partial charge in [-0.2, -0.15) is 0 Å². The first kappa shape index (κ1) is 21.6. The van der Waals surface area contributed by atoms with Crippen LogP contribution in [0.1, 0.15) is 45.7 Å². The van der Waals surface area contributed by atoms with E-state index in [9.17, 15) is 9.59 Å². The molecule has 0 amide bonds. The molecule has 158 valence electrons. The number of benzene rings is 2.